The molecule has 0 aliphatic heterocycles. The van der Waals surface area contributed by atoms with Gasteiger partial charge in [0.25, 0.3) is 0 Å². The van der Waals surface area contributed by atoms with Crippen LogP contribution in [0.5, 0.6) is 5.75 Å². The SMILES string of the molecule is CC(C)(C)[Si](C)(C)OCCOc1ccc2[nH]c(C(=O)O)cc2c1. The quantitative estimate of drug-likeness (QED) is 0.611. The Bertz CT molecular complexity index is 700. The predicted octanol–water partition coefficient (Wildman–Crippen LogP) is 4.27. The lowest BCUT2D eigenvalue weighted by Crippen LogP contribution is -2.41. The zero-order chi connectivity index (χ0) is 17.3. The fraction of sp³-hybridized carbons (Fsp3) is 0.471. The molecule has 0 saturated carbocycles. The first kappa shape index (κ1) is 17.6. The molecule has 0 fully saturated rings. The van der Waals surface area contributed by atoms with Gasteiger partial charge in [0.1, 0.15) is 18.1 Å². The van der Waals surface area contributed by atoms with Crippen LogP contribution in [-0.4, -0.2) is 37.6 Å². The molecule has 23 heavy (non-hydrogen) atoms. The number of nitrogens with one attached hydrogen (secondary N) is 1. The molecule has 5 nitrogen and oxygen atoms in total. The standard InChI is InChI=1S/C17H25NO4Si/c1-17(2,3)23(4,5)22-9-8-21-13-6-7-14-12(10-13)11-15(18-14)16(19)20/h6-7,10-11,18H,8-9H2,1-5H3,(H,19,20). The first-order valence-corrected chi connectivity index (χ1v) is 10.6. The smallest absolute Gasteiger partial charge is 0.352 e. The molecule has 1 aromatic carbocycles. The van der Waals surface area contributed by atoms with Gasteiger partial charge in [-0.15, -0.1) is 0 Å². The third-order valence-electron chi connectivity index (χ3n) is 4.44. The van der Waals surface area contributed by atoms with Crippen LogP contribution in [0.1, 0.15) is 31.3 Å². The van der Waals surface area contributed by atoms with Crippen LogP contribution in [0.3, 0.4) is 0 Å². The number of carboxylic acids is 1. The maximum Gasteiger partial charge on any atom is 0.352 e. The van der Waals surface area contributed by atoms with Crippen molar-refractivity contribution in [2.45, 2.75) is 38.9 Å². The highest BCUT2D eigenvalue weighted by molar-refractivity contribution is 6.74. The van der Waals surface area contributed by atoms with Gasteiger partial charge in [0, 0.05) is 10.9 Å². The average molecular weight is 335 g/mol. The summed E-state index contributed by atoms with van der Waals surface area (Å²) in [4.78, 5) is 13.8. The van der Waals surface area contributed by atoms with E-state index in [1.165, 1.54) is 0 Å². The monoisotopic (exact) mass is 335 g/mol. The van der Waals surface area contributed by atoms with Crippen LogP contribution < -0.4 is 4.74 Å². The Morgan fingerprint density at radius 1 is 1.22 bits per heavy atom. The first-order valence-electron chi connectivity index (χ1n) is 7.73. The van der Waals surface area contributed by atoms with Gasteiger partial charge < -0.3 is 19.3 Å². The second-order valence-corrected chi connectivity index (χ2v) is 12.0. The topological polar surface area (TPSA) is 71.5 Å². The minimum absolute atomic E-state index is 0.179. The number of hydrogen-bond acceptors (Lipinski definition) is 3. The van der Waals surface area contributed by atoms with Crippen LogP contribution in [0.25, 0.3) is 10.9 Å². The van der Waals surface area contributed by atoms with E-state index in [4.69, 9.17) is 14.3 Å². The highest BCUT2D eigenvalue weighted by Crippen LogP contribution is 2.36. The zero-order valence-electron chi connectivity index (χ0n) is 14.4. The van der Waals surface area contributed by atoms with Crippen molar-refractivity contribution in [3.8, 4) is 5.75 Å². The number of aromatic carboxylic acids is 1. The third-order valence-corrected chi connectivity index (χ3v) is 8.98. The highest BCUT2D eigenvalue weighted by Gasteiger charge is 2.36. The van der Waals surface area contributed by atoms with E-state index < -0.39 is 14.3 Å². The Morgan fingerprint density at radius 3 is 2.52 bits per heavy atom. The van der Waals surface area contributed by atoms with E-state index in [-0.39, 0.29) is 10.7 Å². The van der Waals surface area contributed by atoms with Crippen molar-refractivity contribution in [1.82, 2.24) is 4.98 Å². The molecule has 0 unspecified atom stereocenters. The molecule has 0 amide bonds. The summed E-state index contributed by atoms with van der Waals surface area (Å²) < 4.78 is 11.8. The van der Waals surface area contributed by atoms with Gasteiger partial charge >= 0.3 is 5.97 Å². The average Bonchev–Trinajstić information content (AvgIpc) is 2.85. The summed E-state index contributed by atoms with van der Waals surface area (Å²) >= 11 is 0. The number of H-pyrrole nitrogens is 1. The van der Waals surface area contributed by atoms with E-state index in [1.807, 2.05) is 18.2 Å². The molecule has 1 heterocycles. The van der Waals surface area contributed by atoms with E-state index in [2.05, 4.69) is 38.8 Å². The Kier molecular flexibility index (Phi) is 4.86. The maximum atomic E-state index is 11.0. The summed E-state index contributed by atoms with van der Waals surface area (Å²) in [5.74, 6) is -0.251. The van der Waals surface area contributed by atoms with Crippen LogP contribution in [-0.2, 0) is 4.43 Å². The van der Waals surface area contributed by atoms with Gasteiger partial charge in [0.2, 0.25) is 0 Å². The molecule has 0 bridgehead atoms. The fourth-order valence-corrected chi connectivity index (χ4v) is 3.02. The Balaban J connectivity index is 1.94. The number of rotatable bonds is 6. The zero-order valence-corrected chi connectivity index (χ0v) is 15.4. The number of hydrogen-bond donors (Lipinski definition) is 2. The first-order chi connectivity index (χ1) is 10.6. The minimum Gasteiger partial charge on any atom is -0.491 e. The minimum atomic E-state index is -1.75. The Morgan fingerprint density at radius 2 is 1.91 bits per heavy atom. The van der Waals surface area contributed by atoms with Gasteiger partial charge in [0.15, 0.2) is 8.32 Å². The van der Waals surface area contributed by atoms with Crippen molar-refractivity contribution in [1.29, 1.82) is 0 Å². The number of carbonyl (C=O) groups is 1. The van der Waals surface area contributed by atoms with Gasteiger partial charge in [-0.3, -0.25) is 0 Å². The molecule has 2 N–H and O–H groups in total. The molecule has 1 aromatic heterocycles. The number of aromatic nitrogens is 1. The molecule has 0 radical (unpaired) electrons. The van der Waals surface area contributed by atoms with Crippen LogP contribution in [0.4, 0.5) is 0 Å². The molecule has 0 aliphatic rings. The molecule has 2 aromatic rings. The van der Waals surface area contributed by atoms with Gasteiger partial charge in [-0.2, -0.15) is 0 Å². The van der Waals surface area contributed by atoms with Crippen LogP contribution in [0.2, 0.25) is 18.1 Å². The van der Waals surface area contributed by atoms with Crippen LogP contribution in [0, 0.1) is 0 Å². The summed E-state index contributed by atoms with van der Waals surface area (Å²) in [6.45, 7) is 12.1. The molecule has 0 aliphatic carbocycles. The molecule has 2 rings (SSSR count). The number of carboxylic acid groups (broad SMARTS) is 1. The summed E-state index contributed by atoms with van der Waals surface area (Å²) in [7, 11) is -1.75. The molecular weight excluding hydrogens is 310 g/mol. The lowest BCUT2D eigenvalue weighted by molar-refractivity contribution is 0.0691. The van der Waals surface area contributed by atoms with E-state index in [0.717, 1.165) is 10.9 Å². The lowest BCUT2D eigenvalue weighted by atomic mass is 10.2. The van der Waals surface area contributed by atoms with Crippen molar-refractivity contribution in [2.24, 2.45) is 0 Å². The fourth-order valence-electron chi connectivity index (χ4n) is 1.99. The van der Waals surface area contributed by atoms with Crippen molar-refractivity contribution >= 4 is 25.2 Å². The molecule has 0 spiro atoms. The van der Waals surface area contributed by atoms with E-state index in [9.17, 15) is 4.79 Å². The van der Waals surface area contributed by atoms with Crippen LogP contribution in [0.15, 0.2) is 24.3 Å². The molecule has 0 atom stereocenters. The van der Waals surface area contributed by atoms with E-state index in [0.29, 0.717) is 19.0 Å². The van der Waals surface area contributed by atoms with Crippen molar-refractivity contribution in [2.75, 3.05) is 13.2 Å². The molecule has 0 saturated heterocycles. The van der Waals surface area contributed by atoms with Crippen molar-refractivity contribution in [3.63, 3.8) is 0 Å². The predicted molar refractivity (Wildman–Crippen MR) is 93.9 cm³/mol. The lowest BCUT2D eigenvalue weighted by Gasteiger charge is -2.36. The summed E-state index contributed by atoms with van der Waals surface area (Å²) in [5.41, 5.74) is 0.964. The highest BCUT2D eigenvalue weighted by atomic mass is 28.4. The van der Waals surface area contributed by atoms with Crippen molar-refractivity contribution < 1.29 is 19.1 Å². The Hall–Kier alpha value is -1.79. The number of benzene rings is 1. The second-order valence-electron chi connectivity index (χ2n) is 7.19. The summed E-state index contributed by atoms with van der Waals surface area (Å²) in [5, 5.41) is 10.0. The third kappa shape index (κ3) is 4.14. The number of aromatic amines is 1. The second kappa shape index (κ2) is 6.37. The van der Waals surface area contributed by atoms with Gasteiger partial charge in [-0.1, -0.05) is 20.8 Å². The normalized spacial score (nSPS) is 12.6. The largest absolute Gasteiger partial charge is 0.491 e. The van der Waals surface area contributed by atoms with Gasteiger partial charge in [-0.05, 0) is 42.4 Å². The Labute approximate surface area is 137 Å². The van der Waals surface area contributed by atoms with Gasteiger partial charge in [-0.25, -0.2) is 4.79 Å². The molecule has 126 valence electrons. The van der Waals surface area contributed by atoms with Crippen molar-refractivity contribution in [3.05, 3.63) is 30.0 Å². The summed E-state index contributed by atoms with van der Waals surface area (Å²) in [6.07, 6.45) is 0. The number of fused-ring (bicyclic) bond motifs is 1. The summed E-state index contributed by atoms with van der Waals surface area (Å²) in [6, 6.07) is 7.10. The number of ether oxygens (including phenoxy) is 1. The van der Waals surface area contributed by atoms with Crippen LogP contribution >= 0.6 is 0 Å². The maximum absolute atomic E-state index is 11.0. The van der Waals surface area contributed by atoms with E-state index in [1.54, 1.807) is 6.07 Å². The van der Waals surface area contributed by atoms with E-state index >= 15 is 0 Å². The van der Waals surface area contributed by atoms with Gasteiger partial charge in [0.05, 0.1) is 6.61 Å². The molecule has 6 heteroatoms. The molecular formula is C17H25NO4Si.